The third-order valence-corrected chi connectivity index (χ3v) is 3.04. The van der Waals surface area contributed by atoms with E-state index < -0.39 is 23.3 Å². The average molecular weight is 328 g/mol. The third kappa shape index (κ3) is 3.08. The number of amides is 1. The van der Waals surface area contributed by atoms with Gasteiger partial charge < -0.3 is 10.4 Å². The van der Waals surface area contributed by atoms with Crippen LogP contribution in [0.15, 0.2) is 40.9 Å². The van der Waals surface area contributed by atoms with Crippen LogP contribution in [0.1, 0.15) is 10.4 Å². The zero-order chi connectivity index (χ0) is 14.0. The van der Waals surface area contributed by atoms with E-state index in [0.717, 1.165) is 24.3 Å². The van der Waals surface area contributed by atoms with Crippen LogP contribution in [0.4, 0.5) is 14.5 Å². The number of rotatable bonds is 2. The summed E-state index contributed by atoms with van der Waals surface area (Å²) in [5.41, 5.74) is 0.409. The van der Waals surface area contributed by atoms with Crippen molar-refractivity contribution in [1.82, 2.24) is 0 Å². The molecule has 0 saturated carbocycles. The van der Waals surface area contributed by atoms with Gasteiger partial charge in [0.2, 0.25) is 0 Å². The molecule has 0 aliphatic heterocycles. The van der Waals surface area contributed by atoms with Crippen molar-refractivity contribution in [1.29, 1.82) is 0 Å². The van der Waals surface area contributed by atoms with Crippen LogP contribution in [0.5, 0.6) is 5.75 Å². The summed E-state index contributed by atoms with van der Waals surface area (Å²) in [6, 6.07) is 7.10. The Balaban J connectivity index is 2.23. The molecule has 19 heavy (non-hydrogen) atoms. The number of hydrogen-bond acceptors (Lipinski definition) is 2. The zero-order valence-electron chi connectivity index (χ0n) is 9.45. The van der Waals surface area contributed by atoms with Crippen molar-refractivity contribution in [2.75, 3.05) is 5.32 Å². The van der Waals surface area contributed by atoms with Gasteiger partial charge in [0.25, 0.3) is 5.91 Å². The van der Waals surface area contributed by atoms with Gasteiger partial charge >= 0.3 is 0 Å². The Morgan fingerprint density at radius 2 is 1.89 bits per heavy atom. The molecule has 0 bridgehead atoms. The van der Waals surface area contributed by atoms with E-state index in [9.17, 15) is 13.6 Å². The molecule has 98 valence electrons. The summed E-state index contributed by atoms with van der Waals surface area (Å²) in [6.07, 6.45) is 0. The lowest BCUT2D eigenvalue weighted by Gasteiger charge is -2.07. The molecule has 2 aromatic rings. The highest BCUT2D eigenvalue weighted by Crippen LogP contribution is 2.22. The molecule has 0 atom stereocenters. The molecule has 2 N–H and O–H groups in total. The Morgan fingerprint density at radius 3 is 2.53 bits per heavy atom. The fraction of sp³-hybridized carbons (Fsp3) is 0. The Hall–Kier alpha value is -1.95. The van der Waals surface area contributed by atoms with Crippen LogP contribution in [0.3, 0.4) is 0 Å². The SMILES string of the molecule is O=C(Nc1ccc(O)c(F)c1)c1ccc(F)cc1Br. The molecule has 0 aliphatic rings. The molecule has 6 heteroatoms. The number of carbonyl (C=O) groups excluding carboxylic acids is 1. The molecule has 0 aliphatic carbocycles. The molecule has 3 nitrogen and oxygen atoms in total. The van der Waals surface area contributed by atoms with Crippen molar-refractivity contribution in [3.05, 3.63) is 58.1 Å². The van der Waals surface area contributed by atoms with Gasteiger partial charge in [0.15, 0.2) is 11.6 Å². The van der Waals surface area contributed by atoms with Gasteiger partial charge in [-0.2, -0.15) is 0 Å². The highest BCUT2D eigenvalue weighted by atomic mass is 79.9. The molecule has 0 aromatic heterocycles. The number of aromatic hydroxyl groups is 1. The lowest BCUT2D eigenvalue weighted by Crippen LogP contribution is -2.12. The smallest absolute Gasteiger partial charge is 0.256 e. The molecule has 1 amide bonds. The lowest BCUT2D eigenvalue weighted by molar-refractivity contribution is 0.102. The molecule has 0 spiro atoms. The summed E-state index contributed by atoms with van der Waals surface area (Å²) in [7, 11) is 0. The number of nitrogens with one attached hydrogen (secondary N) is 1. The van der Waals surface area contributed by atoms with Crippen molar-refractivity contribution in [2.24, 2.45) is 0 Å². The zero-order valence-corrected chi connectivity index (χ0v) is 11.0. The first-order valence-corrected chi connectivity index (χ1v) is 6.01. The van der Waals surface area contributed by atoms with Crippen LogP contribution in [-0.4, -0.2) is 11.0 Å². The maximum absolute atomic E-state index is 13.1. The van der Waals surface area contributed by atoms with E-state index in [1.807, 2.05) is 0 Å². The highest BCUT2D eigenvalue weighted by molar-refractivity contribution is 9.10. The van der Waals surface area contributed by atoms with Crippen LogP contribution >= 0.6 is 15.9 Å². The second-order valence-corrected chi connectivity index (χ2v) is 4.60. The molecule has 0 saturated heterocycles. The molecular formula is C13H8BrF2NO2. The Labute approximate surface area is 116 Å². The molecule has 2 aromatic carbocycles. The minimum absolute atomic E-state index is 0.191. The second-order valence-electron chi connectivity index (χ2n) is 3.74. The minimum Gasteiger partial charge on any atom is -0.505 e. The third-order valence-electron chi connectivity index (χ3n) is 2.38. The van der Waals surface area contributed by atoms with E-state index in [4.69, 9.17) is 5.11 Å². The van der Waals surface area contributed by atoms with Crippen LogP contribution in [0, 0.1) is 11.6 Å². The number of anilines is 1. The Morgan fingerprint density at radius 1 is 1.16 bits per heavy atom. The predicted molar refractivity (Wildman–Crippen MR) is 70.1 cm³/mol. The van der Waals surface area contributed by atoms with Crippen molar-refractivity contribution in [2.45, 2.75) is 0 Å². The quantitative estimate of drug-likeness (QED) is 0.826. The van der Waals surface area contributed by atoms with Gasteiger partial charge in [-0.25, -0.2) is 8.78 Å². The number of benzene rings is 2. The molecule has 2 rings (SSSR count). The summed E-state index contributed by atoms with van der Waals surface area (Å²) in [4.78, 5) is 11.9. The van der Waals surface area contributed by atoms with Gasteiger partial charge in [0.1, 0.15) is 5.82 Å². The van der Waals surface area contributed by atoms with E-state index in [0.29, 0.717) is 4.47 Å². The Bertz CT molecular complexity index is 647. The fourth-order valence-electron chi connectivity index (χ4n) is 1.46. The largest absolute Gasteiger partial charge is 0.505 e. The van der Waals surface area contributed by atoms with Gasteiger partial charge in [-0.15, -0.1) is 0 Å². The number of carbonyl (C=O) groups is 1. The van der Waals surface area contributed by atoms with E-state index in [1.54, 1.807) is 0 Å². The van der Waals surface area contributed by atoms with Gasteiger partial charge in [-0.3, -0.25) is 4.79 Å². The van der Waals surface area contributed by atoms with E-state index in [1.165, 1.54) is 12.1 Å². The summed E-state index contributed by atoms with van der Waals surface area (Å²) in [5, 5.41) is 11.5. The monoisotopic (exact) mass is 327 g/mol. The van der Waals surface area contributed by atoms with Gasteiger partial charge in [-0.05, 0) is 46.3 Å². The second kappa shape index (κ2) is 5.36. The van der Waals surface area contributed by atoms with Crippen LogP contribution in [-0.2, 0) is 0 Å². The highest BCUT2D eigenvalue weighted by Gasteiger charge is 2.12. The lowest BCUT2D eigenvalue weighted by atomic mass is 10.2. The van der Waals surface area contributed by atoms with Gasteiger partial charge in [0.05, 0.1) is 5.56 Å². The predicted octanol–water partition coefficient (Wildman–Crippen LogP) is 3.69. The standard InChI is InChI=1S/C13H8BrF2NO2/c14-10-5-7(15)1-3-9(10)13(19)17-8-2-4-12(18)11(16)6-8/h1-6,18H,(H,17,19). The van der Waals surface area contributed by atoms with E-state index in [-0.39, 0.29) is 11.3 Å². The van der Waals surface area contributed by atoms with Gasteiger partial charge in [-0.1, -0.05) is 0 Å². The van der Waals surface area contributed by atoms with Crippen molar-refractivity contribution in [3.8, 4) is 5.75 Å². The average Bonchev–Trinajstić information content (AvgIpc) is 2.33. The Kier molecular flexibility index (Phi) is 3.80. The van der Waals surface area contributed by atoms with E-state index >= 15 is 0 Å². The van der Waals surface area contributed by atoms with Crippen molar-refractivity contribution < 1.29 is 18.7 Å². The molecule has 0 heterocycles. The molecular weight excluding hydrogens is 320 g/mol. The number of halogens is 3. The molecule has 0 fully saturated rings. The van der Waals surface area contributed by atoms with Crippen LogP contribution in [0.25, 0.3) is 0 Å². The number of hydrogen-bond donors (Lipinski definition) is 2. The summed E-state index contributed by atoms with van der Waals surface area (Å²) >= 11 is 3.07. The summed E-state index contributed by atoms with van der Waals surface area (Å²) < 4.78 is 26.3. The maximum atomic E-state index is 13.1. The molecule has 0 radical (unpaired) electrons. The first kappa shape index (κ1) is 13.5. The van der Waals surface area contributed by atoms with E-state index in [2.05, 4.69) is 21.2 Å². The molecule has 0 unspecified atom stereocenters. The van der Waals surface area contributed by atoms with Gasteiger partial charge in [0, 0.05) is 16.2 Å². The topological polar surface area (TPSA) is 49.3 Å². The summed E-state index contributed by atoms with van der Waals surface area (Å²) in [5.74, 6) is -2.33. The summed E-state index contributed by atoms with van der Waals surface area (Å²) in [6.45, 7) is 0. The number of phenolic OH excluding ortho intramolecular Hbond substituents is 1. The maximum Gasteiger partial charge on any atom is 0.256 e. The minimum atomic E-state index is -0.837. The normalized spacial score (nSPS) is 10.3. The fourth-order valence-corrected chi connectivity index (χ4v) is 1.99. The first-order valence-electron chi connectivity index (χ1n) is 5.22. The van der Waals surface area contributed by atoms with Crippen molar-refractivity contribution in [3.63, 3.8) is 0 Å². The van der Waals surface area contributed by atoms with Crippen LogP contribution < -0.4 is 5.32 Å². The van der Waals surface area contributed by atoms with Crippen LogP contribution in [0.2, 0.25) is 0 Å². The van der Waals surface area contributed by atoms with Crippen molar-refractivity contribution >= 4 is 27.5 Å². The first-order chi connectivity index (χ1) is 8.97. The number of phenols is 1.